The first kappa shape index (κ1) is 19.3. The third-order valence-corrected chi connectivity index (χ3v) is 5.81. The van der Waals surface area contributed by atoms with Crippen molar-refractivity contribution >= 4 is 28.1 Å². The molecule has 29 heavy (non-hydrogen) atoms. The van der Waals surface area contributed by atoms with Gasteiger partial charge in [0, 0.05) is 43.8 Å². The molecule has 150 valence electrons. The number of carbonyl (C=O) groups is 1. The lowest BCUT2D eigenvalue weighted by Crippen LogP contribution is -2.48. The number of rotatable bonds is 6. The van der Waals surface area contributed by atoms with Crippen molar-refractivity contribution in [2.45, 2.75) is 6.54 Å². The smallest absolute Gasteiger partial charge is 0.273 e. The summed E-state index contributed by atoms with van der Waals surface area (Å²) in [5.41, 5.74) is 2.85. The lowest BCUT2D eigenvalue weighted by Gasteiger charge is -2.35. The second-order valence-electron chi connectivity index (χ2n) is 6.85. The van der Waals surface area contributed by atoms with Gasteiger partial charge in [0.25, 0.3) is 5.91 Å². The topological polar surface area (TPSA) is 57.7 Å². The number of anilines is 2. The number of piperazine rings is 1. The van der Waals surface area contributed by atoms with Gasteiger partial charge >= 0.3 is 0 Å². The van der Waals surface area contributed by atoms with Gasteiger partial charge in [0.2, 0.25) is 0 Å². The van der Waals surface area contributed by atoms with Crippen LogP contribution in [0, 0.1) is 0 Å². The molecule has 1 aliphatic rings. The predicted octanol–water partition coefficient (Wildman–Crippen LogP) is 3.73. The van der Waals surface area contributed by atoms with E-state index >= 15 is 0 Å². The van der Waals surface area contributed by atoms with E-state index in [4.69, 9.17) is 4.74 Å². The molecular weight excluding hydrogens is 384 g/mol. The van der Waals surface area contributed by atoms with Gasteiger partial charge in [-0.25, -0.2) is 4.98 Å². The Morgan fingerprint density at radius 3 is 2.48 bits per heavy atom. The third kappa shape index (κ3) is 4.68. The fourth-order valence-electron chi connectivity index (χ4n) is 3.34. The maximum Gasteiger partial charge on any atom is 0.273 e. The SMILES string of the molecule is COc1ccc(CNc2nc(C(=O)N3CCN(c4ccccc4)CC3)cs2)cc1. The minimum absolute atomic E-state index is 0.00598. The van der Waals surface area contributed by atoms with Gasteiger partial charge in [-0.15, -0.1) is 11.3 Å². The van der Waals surface area contributed by atoms with Crippen molar-refractivity contribution in [3.8, 4) is 5.75 Å². The number of para-hydroxylation sites is 1. The van der Waals surface area contributed by atoms with Gasteiger partial charge in [0.1, 0.15) is 11.4 Å². The number of thiazole rings is 1. The zero-order valence-corrected chi connectivity index (χ0v) is 17.2. The monoisotopic (exact) mass is 408 g/mol. The maximum atomic E-state index is 12.8. The Balaban J connectivity index is 1.30. The van der Waals surface area contributed by atoms with E-state index in [0.29, 0.717) is 25.3 Å². The quantitative estimate of drug-likeness (QED) is 0.674. The van der Waals surface area contributed by atoms with Gasteiger partial charge in [-0.1, -0.05) is 30.3 Å². The summed E-state index contributed by atoms with van der Waals surface area (Å²) in [5, 5.41) is 5.88. The second-order valence-corrected chi connectivity index (χ2v) is 7.71. The summed E-state index contributed by atoms with van der Waals surface area (Å²) in [6.45, 7) is 3.74. The molecule has 2 aromatic carbocycles. The van der Waals surface area contributed by atoms with Crippen molar-refractivity contribution in [3.63, 3.8) is 0 Å². The maximum absolute atomic E-state index is 12.8. The highest BCUT2D eigenvalue weighted by Crippen LogP contribution is 2.20. The van der Waals surface area contributed by atoms with Gasteiger partial charge in [0.15, 0.2) is 5.13 Å². The van der Waals surface area contributed by atoms with Gasteiger partial charge in [-0.3, -0.25) is 4.79 Å². The molecular formula is C22H24N4O2S. The molecule has 0 unspecified atom stereocenters. The van der Waals surface area contributed by atoms with Crippen molar-refractivity contribution < 1.29 is 9.53 Å². The van der Waals surface area contributed by atoms with Crippen LogP contribution in [0.1, 0.15) is 16.1 Å². The summed E-state index contributed by atoms with van der Waals surface area (Å²) in [4.78, 5) is 21.5. The first-order valence-electron chi connectivity index (χ1n) is 9.64. The fraction of sp³-hybridized carbons (Fsp3) is 0.273. The molecule has 0 aliphatic carbocycles. The summed E-state index contributed by atoms with van der Waals surface area (Å²) in [6, 6.07) is 18.2. The first-order valence-corrected chi connectivity index (χ1v) is 10.5. The fourth-order valence-corrected chi connectivity index (χ4v) is 4.03. The molecule has 0 spiro atoms. The highest BCUT2D eigenvalue weighted by Gasteiger charge is 2.24. The normalized spacial score (nSPS) is 14.0. The first-order chi connectivity index (χ1) is 14.2. The van der Waals surface area contributed by atoms with Crippen LogP contribution in [0.15, 0.2) is 60.0 Å². The van der Waals surface area contributed by atoms with Gasteiger partial charge in [-0.2, -0.15) is 0 Å². The average Bonchev–Trinajstić information content (AvgIpc) is 3.27. The van der Waals surface area contributed by atoms with E-state index in [1.165, 1.54) is 17.0 Å². The summed E-state index contributed by atoms with van der Waals surface area (Å²) in [6.07, 6.45) is 0. The van der Waals surface area contributed by atoms with Crippen molar-refractivity contribution in [1.82, 2.24) is 9.88 Å². The van der Waals surface area contributed by atoms with E-state index in [0.717, 1.165) is 29.5 Å². The van der Waals surface area contributed by atoms with E-state index in [1.54, 1.807) is 7.11 Å². The van der Waals surface area contributed by atoms with E-state index in [9.17, 15) is 4.79 Å². The molecule has 1 aromatic heterocycles. The lowest BCUT2D eigenvalue weighted by atomic mass is 10.2. The van der Waals surface area contributed by atoms with Gasteiger partial charge in [0.05, 0.1) is 7.11 Å². The van der Waals surface area contributed by atoms with Crippen LogP contribution in [0.25, 0.3) is 0 Å². The Hall–Kier alpha value is -3.06. The molecule has 4 rings (SSSR count). The van der Waals surface area contributed by atoms with E-state index in [-0.39, 0.29) is 5.91 Å². The largest absolute Gasteiger partial charge is 0.497 e. The van der Waals surface area contributed by atoms with Gasteiger partial charge < -0.3 is 19.9 Å². The molecule has 1 fully saturated rings. The number of nitrogens with one attached hydrogen (secondary N) is 1. The molecule has 1 amide bonds. The molecule has 0 saturated carbocycles. The van der Waals surface area contributed by atoms with Crippen LogP contribution in [0.4, 0.5) is 10.8 Å². The highest BCUT2D eigenvalue weighted by atomic mass is 32.1. The zero-order valence-electron chi connectivity index (χ0n) is 16.4. The van der Waals surface area contributed by atoms with Crippen LogP contribution in [0.5, 0.6) is 5.75 Å². The Morgan fingerprint density at radius 2 is 1.79 bits per heavy atom. The number of aromatic nitrogens is 1. The summed E-state index contributed by atoms with van der Waals surface area (Å²) < 4.78 is 5.18. The lowest BCUT2D eigenvalue weighted by molar-refractivity contribution is 0.0742. The summed E-state index contributed by atoms with van der Waals surface area (Å²) >= 11 is 1.46. The van der Waals surface area contributed by atoms with Crippen molar-refractivity contribution in [3.05, 3.63) is 71.2 Å². The van der Waals surface area contributed by atoms with Crippen LogP contribution in [0.3, 0.4) is 0 Å². The number of hydrogen-bond donors (Lipinski definition) is 1. The molecule has 1 saturated heterocycles. The number of benzene rings is 2. The van der Waals surface area contributed by atoms with Gasteiger partial charge in [-0.05, 0) is 29.8 Å². The van der Waals surface area contributed by atoms with Crippen LogP contribution < -0.4 is 15.0 Å². The van der Waals surface area contributed by atoms with Crippen LogP contribution in [-0.2, 0) is 6.54 Å². The second kappa shape index (κ2) is 8.96. The van der Waals surface area contributed by atoms with Crippen molar-refractivity contribution in [2.75, 3.05) is 43.5 Å². The van der Waals surface area contributed by atoms with Crippen LogP contribution in [0.2, 0.25) is 0 Å². The third-order valence-electron chi connectivity index (χ3n) is 5.01. The highest BCUT2D eigenvalue weighted by molar-refractivity contribution is 7.13. The number of nitrogens with zero attached hydrogens (tertiary/aromatic N) is 3. The number of ether oxygens (including phenoxy) is 1. The molecule has 7 heteroatoms. The number of amides is 1. The van der Waals surface area contributed by atoms with E-state index in [2.05, 4.69) is 27.3 Å². The van der Waals surface area contributed by atoms with Crippen molar-refractivity contribution in [1.29, 1.82) is 0 Å². The molecule has 0 radical (unpaired) electrons. The van der Waals surface area contributed by atoms with Crippen molar-refractivity contribution in [2.24, 2.45) is 0 Å². The molecule has 0 bridgehead atoms. The molecule has 1 N–H and O–H groups in total. The Morgan fingerprint density at radius 1 is 1.07 bits per heavy atom. The van der Waals surface area contributed by atoms with E-state index in [1.807, 2.05) is 52.7 Å². The molecule has 0 atom stereocenters. The Kier molecular flexibility index (Phi) is 5.95. The van der Waals surface area contributed by atoms with E-state index < -0.39 is 0 Å². The zero-order chi connectivity index (χ0) is 20.1. The number of hydrogen-bond acceptors (Lipinski definition) is 6. The Bertz CT molecular complexity index is 935. The standard InChI is InChI=1S/C22H24N4O2S/c1-28-19-9-7-17(8-10-19)15-23-22-24-20(16-29-22)21(27)26-13-11-25(12-14-26)18-5-3-2-4-6-18/h2-10,16H,11-15H2,1H3,(H,23,24). The predicted molar refractivity (Wildman–Crippen MR) is 117 cm³/mol. The molecule has 3 aromatic rings. The average molecular weight is 409 g/mol. The number of methoxy groups -OCH3 is 1. The summed E-state index contributed by atoms with van der Waals surface area (Å²) in [7, 11) is 1.66. The number of carbonyl (C=O) groups excluding carboxylic acids is 1. The molecule has 2 heterocycles. The summed E-state index contributed by atoms with van der Waals surface area (Å²) in [5.74, 6) is 0.842. The van der Waals surface area contributed by atoms with Crippen LogP contribution >= 0.6 is 11.3 Å². The molecule has 6 nitrogen and oxygen atoms in total. The molecule has 1 aliphatic heterocycles. The minimum Gasteiger partial charge on any atom is -0.497 e. The minimum atomic E-state index is 0.00598. The van der Waals surface area contributed by atoms with Crippen LogP contribution in [-0.4, -0.2) is 49.1 Å². The Labute approximate surface area is 174 Å².